The first kappa shape index (κ1) is 11.8. The minimum absolute atomic E-state index is 0.0856. The van der Waals surface area contributed by atoms with Crippen LogP contribution in [0.25, 0.3) is 0 Å². The molecule has 1 heterocycles. The van der Waals surface area contributed by atoms with Gasteiger partial charge in [0.05, 0.1) is 6.61 Å². The van der Waals surface area contributed by atoms with Crippen LogP contribution >= 0.6 is 0 Å². The van der Waals surface area contributed by atoms with Crippen LogP contribution < -0.4 is 10.5 Å². The summed E-state index contributed by atoms with van der Waals surface area (Å²) in [5.41, 5.74) is 10.4. The molecule has 96 valence electrons. The second-order valence-electron chi connectivity index (χ2n) is 5.35. The minimum atomic E-state index is 0.0856. The van der Waals surface area contributed by atoms with Gasteiger partial charge in [-0.15, -0.1) is 0 Å². The largest absolute Gasteiger partial charge is 0.493 e. The van der Waals surface area contributed by atoms with Gasteiger partial charge in [0, 0.05) is 18.0 Å². The van der Waals surface area contributed by atoms with E-state index in [1.165, 1.54) is 42.4 Å². The van der Waals surface area contributed by atoms with Crippen LogP contribution in [0.4, 0.5) is 0 Å². The number of fused-ring (bicyclic) bond motifs is 1. The van der Waals surface area contributed by atoms with Crippen molar-refractivity contribution >= 4 is 0 Å². The van der Waals surface area contributed by atoms with Gasteiger partial charge in [-0.1, -0.05) is 29.8 Å². The van der Waals surface area contributed by atoms with E-state index < -0.39 is 0 Å². The van der Waals surface area contributed by atoms with Crippen molar-refractivity contribution in [3.63, 3.8) is 0 Å². The molecule has 0 fully saturated rings. The Morgan fingerprint density at radius 1 is 1.22 bits per heavy atom. The highest BCUT2D eigenvalue weighted by Crippen LogP contribution is 2.35. The van der Waals surface area contributed by atoms with Gasteiger partial charge >= 0.3 is 0 Å². The second-order valence-corrected chi connectivity index (χ2v) is 5.35. The molecular formula is C16H21NO. The molecule has 1 aliphatic carbocycles. The Kier molecular flexibility index (Phi) is 3.37. The van der Waals surface area contributed by atoms with Crippen molar-refractivity contribution in [2.45, 2.75) is 44.6 Å². The fourth-order valence-electron chi connectivity index (χ4n) is 3.02. The Bertz CT molecular complexity index is 464. The van der Waals surface area contributed by atoms with Gasteiger partial charge in [0.1, 0.15) is 5.75 Å². The maximum atomic E-state index is 6.38. The third-order valence-corrected chi connectivity index (χ3v) is 4.01. The smallest absolute Gasteiger partial charge is 0.127 e. The van der Waals surface area contributed by atoms with Gasteiger partial charge in [-0.05, 0) is 37.7 Å². The number of para-hydroxylation sites is 1. The lowest BCUT2D eigenvalue weighted by Gasteiger charge is -2.19. The summed E-state index contributed by atoms with van der Waals surface area (Å²) in [7, 11) is 0. The number of hydrogen-bond acceptors (Lipinski definition) is 2. The average molecular weight is 243 g/mol. The third kappa shape index (κ3) is 2.30. The highest BCUT2D eigenvalue weighted by molar-refractivity contribution is 5.45. The highest BCUT2D eigenvalue weighted by Gasteiger charge is 2.20. The van der Waals surface area contributed by atoms with Crippen LogP contribution in [-0.4, -0.2) is 6.61 Å². The maximum absolute atomic E-state index is 6.38. The molecule has 1 aromatic carbocycles. The van der Waals surface area contributed by atoms with E-state index in [9.17, 15) is 0 Å². The van der Waals surface area contributed by atoms with Gasteiger partial charge in [-0.3, -0.25) is 0 Å². The van der Waals surface area contributed by atoms with Crippen molar-refractivity contribution in [1.82, 2.24) is 0 Å². The van der Waals surface area contributed by atoms with Gasteiger partial charge in [0.2, 0.25) is 0 Å². The van der Waals surface area contributed by atoms with Crippen molar-refractivity contribution in [3.8, 4) is 5.75 Å². The number of allylic oxidation sites excluding steroid dienone is 1. The normalized spacial score (nSPS) is 19.9. The molecule has 2 aliphatic rings. The Balaban J connectivity index is 1.78. The zero-order valence-electron chi connectivity index (χ0n) is 10.8. The lowest BCUT2D eigenvalue weighted by molar-refractivity contribution is 0.351. The number of hydrogen-bond donors (Lipinski definition) is 1. The third-order valence-electron chi connectivity index (χ3n) is 4.01. The molecule has 0 saturated heterocycles. The number of benzene rings is 1. The van der Waals surface area contributed by atoms with Gasteiger partial charge in [0.25, 0.3) is 0 Å². The van der Waals surface area contributed by atoms with E-state index in [0.29, 0.717) is 0 Å². The van der Waals surface area contributed by atoms with Crippen molar-refractivity contribution in [2.24, 2.45) is 5.73 Å². The van der Waals surface area contributed by atoms with E-state index in [4.69, 9.17) is 10.5 Å². The Morgan fingerprint density at radius 3 is 3.00 bits per heavy atom. The molecule has 1 unspecified atom stereocenters. The zero-order valence-corrected chi connectivity index (χ0v) is 10.8. The Morgan fingerprint density at radius 2 is 2.17 bits per heavy atom. The quantitative estimate of drug-likeness (QED) is 0.824. The Labute approximate surface area is 109 Å². The lowest BCUT2D eigenvalue weighted by atomic mass is 9.91. The molecule has 0 radical (unpaired) electrons. The van der Waals surface area contributed by atoms with E-state index in [1.54, 1.807) is 0 Å². The average Bonchev–Trinajstić information content (AvgIpc) is 2.87. The summed E-state index contributed by atoms with van der Waals surface area (Å²) < 4.78 is 5.74. The standard InChI is InChI=1S/C16H21NO/c17-15(11-12-5-2-1-3-6-12)14-8-4-7-13-9-10-18-16(13)14/h4-5,7-8,15H,1-3,6,9-11,17H2. The molecule has 0 amide bonds. The summed E-state index contributed by atoms with van der Waals surface area (Å²) >= 11 is 0. The molecule has 2 heteroatoms. The van der Waals surface area contributed by atoms with Crippen LogP contribution in [-0.2, 0) is 6.42 Å². The van der Waals surface area contributed by atoms with Gasteiger partial charge in [0.15, 0.2) is 0 Å². The van der Waals surface area contributed by atoms with E-state index >= 15 is 0 Å². The summed E-state index contributed by atoms with van der Waals surface area (Å²) in [6.45, 7) is 0.807. The molecule has 3 rings (SSSR count). The fraction of sp³-hybridized carbons (Fsp3) is 0.500. The highest BCUT2D eigenvalue weighted by atomic mass is 16.5. The predicted molar refractivity (Wildman–Crippen MR) is 73.7 cm³/mol. The van der Waals surface area contributed by atoms with Gasteiger partial charge < -0.3 is 10.5 Å². The van der Waals surface area contributed by atoms with Gasteiger partial charge in [-0.2, -0.15) is 0 Å². The Hall–Kier alpha value is -1.28. The SMILES string of the molecule is NC(CC1=CCCCC1)c1cccc2c1OCC2. The van der Waals surface area contributed by atoms with Crippen LogP contribution in [0.1, 0.15) is 49.3 Å². The van der Waals surface area contributed by atoms with Crippen molar-refractivity contribution < 1.29 is 4.74 Å². The zero-order chi connectivity index (χ0) is 12.4. The number of nitrogens with two attached hydrogens (primary N) is 1. The van der Waals surface area contributed by atoms with Crippen LogP contribution in [0.2, 0.25) is 0 Å². The summed E-state index contributed by atoms with van der Waals surface area (Å²) in [5, 5.41) is 0. The predicted octanol–water partition coefficient (Wildman–Crippen LogP) is 3.51. The molecule has 0 saturated carbocycles. The van der Waals surface area contributed by atoms with E-state index in [2.05, 4.69) is 24.3 Å². The van der Waals surface area contributed by atoms with Gasteiger partial charge in [-0.25, -0.2) is 0 Å². The van der Waals surface area contributed by atoms with E-state index in [1.807, 2.05) is 0 Å². The first-order chi connectivity index (χ1) is 8.84. The summed E-state index contributed by atoms with van der Waals surface area (Å²) in [4.78, 5) is 0. The van der Waals surface area contributed by atoms with Crippen LogP contribution in [0.15, 0.2) is 29.8 Å². The van der Waals surface area contributed by atoms with E-state index in [-0.39, 0.29) is 6.04 Å². The minimum Gasteiger partial charge on any atom is -0.493 e. The maximum Gasteiger partial charge on any atom is 0.127 e. The molecule has 0 aromatic heterocycles. The number of ether oxygens (including phenoxy) is 1. The monoisotopic (exact) mass is 243 g/mol. The second kappa shape index (κ2) is 5.15. The molecule has 1 atom stereocenters. The number of rotatable bonds is 3. The summed E-state index contributed by atoms with van der Waals surface area (Å²) in [6.07, 6.45) is 9.51. The van der Waals surface area contributed by atoms with Crippen molar-refractivity contribution in [2.75, 3.05) is 6.61 Å². The summed E-state index contributed by atoms with van der Waals surface area (Å²) in [5.74, 6) is 1.06. The molecular weight excluding hydrogens is 222 g/mol. The summed E-state index contributed by atoms with van der Waals surface area (Å²) in [6, 6.07) is 6.47. The molecule has 1 aliphatic heterocycles. The van der Waals surface area contributed by atoms with Crippen molar-refractivity contribution in [1.29, 1.82) is 0 Å². The van der Waals surface area contributed by atoms with Crippen LogP contribution in [0.3, 0.4) is 0 Å². The molecule has 18 heavy (non-hydrogen) atoms. The fourth-order valence-corrected chi connectivity index (χ4v) is 3.02. The van der Waals surface area contributed by atoms with Crippen molar-refractivity contribution in [3.05, 3.63) is 41.0 Å². The first-order valence-electron chi connectivity index (χ1n) is 7.02. The topological polar surface area (TPSA) is 35.2 Å². The molecule has 1 aromatic rings. The molecule has 0 spiro atoms. The molecule has 0 bridgehead atoms. The van der Waals surface area contributed by atoms with Crippen LogP contribution in [0.5, 0.6) is 5.75 Å². The van der Waals surface area contributed by atoms with E-state index in [0.717, 1.165) is 25.2 Å². The molecule has 2 N–H and O–H groups in total. The molecule has 2 nitrogen and oxygen atoms in total. The first-order valence-corrected chi connectivity index (χ1v) is 7.02. The van der Waals surface area contributed by atoms with Crippen LogP contribution in [0, 0.1) is 0 Å². The lowest BCUT2D eigenvalue weighted by Crippen LogP contribution is -2.13.